The van der Waals surface area contributed by atoms with E-state index in [1.807, 2.05) is 19.9 Å². The summed E-state index contributed by atoms with van der Waals surface area (Å²) in [6.45, 7) is 4.21. The number of carbonyl (C=O) groups excluding carboxylic acids is 1. The normalized spacial score (nSPS) is 21.2. The van der Waals surface area contributed by atoms with Crippen molar-refractivity contribution in [3.8, 4) is 5.75 Å². The molecule has 2 aliphatic rings. The molecule has 5 heteroatoms. The zero-order valence-corrected chi connectivity index (χ0v) is 14.0. The van der Waals surface area contributed by atoms with Gasteiger partial charge in [-0.2, -0.15) is 0 Å². The van der Waals surface area contributed by atoms with E-state index in [-0.39, 0.29) is 18.3 Å². The van der Waals surface area contributed by atoms with Crippen LogP contribution in [0.4, 0.5) is 0 Å². The second-order valence-electron chi connectivity index (χ2n) is 6.56. The molecule has 24 heavy (non-hydrogen) atoms. The number of cyclic esters (lactones) is 1. The zero-order chi connectivity index (χ0) is 17.4. The fourth-order valence-corrected chi connectivity index (χ4v) is 3.86. The Hall–Kier alpha value is -2.30. The molecule has 1 saturated carbocycles. The smallest absolute Gasteiger partial charge is 0.342 e. The number of carbonyl (C=O) groups is 2. The number of hydrogen-bond acceptors (Lipinski definition) is 4. The third-order valence-corrected chi connectivity index (χ3v) is 5.27. The van der Waals surface area contributed by atoms with Gasteiger partial charge < -0.3 is 14.9 Å². The number of rotatable bonds is 4. The minimum Gasteiger partial charge on any atom is -0.507 e. The van der Waals surface area contributed by atoms with Crippen LogP contribution in [0.3, 0.4) is 0 Å². The van der Waals surface area contributed by atoms with Crippen LogP contribution >= 0.6 is 0 Å². The van der Waals surface area contributed by atoms with Crippen LogP contribution in [0.1, 0.15) is 58.8 Å². The van der Waals surface area contributed by atoms with E-state index < -0.39 is 11.9 Å². The second-order valence-corrected chi connectivity index (χ2v) is 6.56. The molecule has 0 bridgehead atoms. The van der Waals surface area contributed by atoms with Crippen molar-refractivity contribution in [2.24, 2.45) is 5.92 Å². The maximum atomic E-state index is 11.9. The number of benzene rings is 1. The molecule has 0 aromatic heterocycles. The Kier molecular flexibility index (Phi) is 4.35. The summed E-state index contributed by atoms with van der Waals surface area (Å²) in [6.07, 6.45) is 5.32. The Labute approximate surface area is 140 Å². The quantitative estimate of drug-likeness (QED) is 0.654. The topological polar surface area (TPSA) is 83.8 Å². The highest BCUT2D eigenvalue weighted by molar-refractivity contribution is 5.97. The molecule has 3 rings (SSSR count). The van der Waals surface area contributed by atoms with Gasteiger partial charge in [-0.3, -0.25) is 4.79 Å². The van der Waals surface area contributed by atoms with E-state index >= 15 is 0 Å². The number of fused-ring (bicyclic) bond motifs is 1. The van der Waals surface area contributed by atoms with Gasteiger partial charge in [0, 0.05) is 11.1 Å². The van der Waals surface area contributed by atoms with Gasteiger partial charge in [-0.15, -0.1) is 0 Å². The van der Waals surface area contributed by atoms with Crippen LogP contribution in [0.2, 0.25) is 0 Å². The number of ether oxygens (including phenoxy) is 1. The van der Waals surface area contributed by atoms with Gasteiger partial charge in [-0.25, -0.2) is 4.79 Å². The van der Waals surface area contributed by atoms with Crippen molar-refractivity contribution in [3.63, 3.8) is 0 Å². The van der Waals surface area contributed by atoms with E-state index in [0.717, 1.165) is 40.7 Å². The standard InChI is InChI=1S/C19H22O5/c1-3-13-10(2)15-9-24-19(23)16(15)17(20)14(13)7-5-11-4-6-12(8-11)18(21)22/h5,12,20H,3-4,6-9H2,1-2H3,(H,21,22)/b11-5+/t12-/m1/s1. The highest BCUT2D eigenvalue weighted by Crippen LogP contribution is 2.39. The van der Waals surface area contributed by atoms with Crippen LogP contribution in [0, 0.1) is 12.8 Å². The number of hydrogen-bond donors (Lipinski definition) is 2. The van der Waals surface area contributed by atoms with Gasteiger partial charge >= 0.3 is 11.9 Å². The zero-order valence-electron chi connectivity index (χ0n) is 14.0. The third-order valence-electron chi connectivity index (χ3n) is 5.27. The fraction of sp³-hybridized carbons (Fsp3) is 0.474. The third kappa shape index (κ3) is 2.68. The van der Waals surface area contributed by atoms with Crippen molar-refractivity contribution in [2.45, 2.75) is 52.6 Å². The average molecular weight is 330 g/mol. The van der Waals surface area contributed by atoms with Crippen LogP contribution in [0.5, 0.6) is 5.75 Å². The number of aliphatic carboxylic acids is 1. The molecule has 1 atom stereocenters. The molecule has 0 unspecified atom stereocenters. The van der Waals surface area contributed by atoms with Crippen molar-refractivity contribution in [1.29, 1.82) is 0 Å². The molecule has 1 aliphatic carbocycles. The molecular weight excluding hydrogens is 308 g/mol. The SMILES string of the molecule is CCc1c(C)c2c(c(O)c1C/C=C1\CC[C@@H](C(=O)O)C1)C(=O)OC2. The lowest BCUT2D eigenvalue weighted by Gasteiger charge is -2.16. The van der Waals surface area contributed by atoms with Crippen LogP contribution in [-0.4, -0.2) is 22.2 Å². The summed E-state index contributed by atoms with van der Waals surface area (Å²) in [4.78, 5) is 23.0. The summed E-state index contributed by atoms with van der Waals surface area (Å²) in [5.41, 5.74) is 5.03. The molecule has 128 valence electrons. The van der Waals surface area contributed by atoms with E-state index in [2.05, 4.69) is 0 Å². The molecule has 0 spiro atoms. The molecule has 1 aliphatic heterocycles. The summed E-state index contributed by atoms with van der Waals surface area (Å²) in [7, 11) is 0. The lowest BCUT2D eigenvalue weighted by atomic mass is 9.89. The van der Waals surface area contributed by atoms with Gasteiger partial charge in [0.05, 0.1) is 5.92 Å². The lowest BCUT2D eigenvalue weighted by molar-refractivity contribution is -0.141. The van der Waals surface area contributed by atoms with Gasteiger partial charge in [-0.05, 0) is 50.2 Å². The Morgan fingerprint density at radius 3 is 2.75 bits per heavy atom. The number of allylic oxidation sites excluding steroid dienone is 2. The number of aromatic hydroxyl groups is 1. The number of esters is 1. The Bertz CT molecular complexity index is 745. The molecule has 2 N–H and O–H groups in total. The van der Waals surface area contributed by atoms with Gasteiger partial charge in [-0.1, -0.05) is 18.6 Å². The van der Waals surface area contributed by atoms with E-state index in [9.17, 15) is 14.7 Å². The number of phenols is 1. The molecule has 1 aromatic rings. The van der Waals surface area contributed by atoms with Gasteiger partial charge in [0.25, 0.3) is 0 Å². The molecular formula is C19H22O5. The minimum absolute atomic E-state index is 0.0274. The summed E-state index contributed by atoms with van der Waals surface area (Å²) < 4.78 is 5.08. The van der Waals surface area contributed by atoms with Gasteiger partial charge in [0.2, 0.25) is 0 Å². The number of carboxylic acid groups (broad SMARTS) is 1. The molecule has 1 fully saturated rings. The fourth-order valence-electron chi connectivity index (χ4n) is 3.86. The van der Waals surface area contributed by atoms with E-state index in [0.29, 0.717) is 24.8 Å². The van der Waals surface area contributed by atoms with Crippen LogP contribution < -0.4 is 0 Å². The van der Waals surface area contributed by atoms with Crippen LogP contribution in [-0.2, 0) is 29.0 Å². The lowest BCUT2D eigenvalue weighted by Crippen LogP contribution is -2.08. The van der Waals surface area contributed by atoms with Crippen molar-refractivity contribution < 1.29 is 24.5 Å². The maximum absolute atomic E-state index is 11.9. The molecule has 0 radical (unpaired) electrons. The Morgan fingerprint density at radius 1 is 1.38 bits per heavy atom. The van der Waals surface area contributed by atoms with Crippen LogP contribution in [0.15, 0.2) is 11.6 Å². The van der Waals surface area contributed by atoms with Crippen molar-refractivity contribution in [3.05, 3.63) is 39.5 Å². The number of carboxylic acids is 1. The molecule has 5 nitrogen and oxygen atoms in total. The largest absolute Gasteiger partial charge is 0.507 e. The van der Waals surface area contributed by atoms with Gasteiger partial charge in [0.15, 0.2) is 0 Å². The molecule has 0 amide bonds. The predicted octanol–water partition coefficient (Wildman–Crippen LogP) is 3.29. The summed E-state index contributed by atoms with van der Waals surface area (Å²) in [5, 5.41) is 19.7. The second kappa shape index (κ2) is 6.30. The average Bonchev–Trinajstić information content (AvgIpc) is 3.16. The van der Waals surface area contributed by atoms with Crippen molar-refractivity contribution in [1.82, 2.24) is 0 Å². The summed E-state index contributed by atoms with van der Waals surface area (Å²) in [5.74, 6) is -1.48. The molecule has 1 heterocycles. The summed E-state index contributed by atoms with van der Waals surface area (Å²) in [6, 6.07) is 0. The minimum atomic E-state index is -0.744. The predicted molar refractivity (Wildman–Crippen MR) is 88.1 cm³/mol. The first-order chi connectivity index (χ1) is 11.4. The van der Waals surface area contributed by atoms with E-state index in [4.69, 9.17) is 9.84 Å². The highest BCUT2D eigenvalue weighted by Gasteiger charge is 2.31. The van der Waals surface area contributed by atoms with Crippen molar-refractivity contribution >= 4 is 11.9 Å². The summed E-state index contributed by atoms with van der Waals surface area (Å²) >= 11 is 0. The first-order valence-corrected chi connectivity index (χ1v) is 8.38. The van der Waals surface area contributed by atoms with E-state index in [1.54, 1.807) is 0 Å². The molecule has 0 saturated heterocycles. The van der Waals surface area contributed by atoms with E-state index in [1.165, 1.54) is 0 Å². The maximum Gasteiger partial charge on any atom is 0.342 e. The Balaban J connectivity index is 1.94. The first kappa shape index (κ1) is 16.6. The first-order valence-electron chi connectivity index (χ1n) is 8.38. The highest BCUT2D eigenvalue weighted by atomic mass is 16.5. The van der Waals surface area contributed by atoms with Gasteiger partial charge in [0.1, 0.15) is 17.9 Å². The molecule has 1 aromatic carbocycles. The van der Waals surface area contributed by atoms with Crippen LogP contribution in [0.25, 0.3) is 0 Å². The number of phenolic OH excluding ortho intramolecular Hbond substituents is 1. The van der Waals surface area contributed by atoms with Crippen molar-refractivity contribution in [2.75, 3.05) is 0 Å². The monoisotopic (exact) mass is 330 g/mol. The Morgan fingerprint density at radius 2 is 2.12 bits per heavy atom.